The van der Waals surface area contributed by atoms with Crippen LogP contribution in [0.2, 0.25) is 5.02 Å². The van der Waals surface area contributed by atoms with Crippen molar-refractivity contribution in [1.29, 1.82) is 0 Å². The van der Waals surface area contributed by atoms with E-state index in [-0.39, 0.29) is 30.8 Å². The molecule has 0 aliphatic heterocycles. The van der Waals surface area contributed by atoms with Gasteiger partial charge in [0.1, 0.15) is 18.1 Å². The monoisotopic (exact) mass is 528 g/mol. The standard InChI is InChI=1S/C29H22ClFN4O3/c30-22-10-8-21(9-11-22)28(37)34(17-25-7-4-16-38-25)19-27(36)33-29-32-26(20-5-2-1-3-6-20)18-35(29)24-14-12-23(31)13-15-24/h1-16,18H,17,19H2,(H,32,33,36). The molecule has 0 aliphatic carbocycles. The number of aromatic nitrogens is 2. The topological polar surface area (TPSA) is 80.4 Å². The Bertz CT molecular complexity index is 1530. The van der Waals surface area contributed by atoms with Gasteiger partial charge in [0.15, 0.2) is 0 Å². The van der Waals surface area contributed by atoms with Crippen LogP contribution in [-0.2, 0) is 11.3 Å². The Hall–Kier alpha value is -4.69. The SMILES string of the molecule is O=C(CN(Cc1ccco1)C(=O)c1ccc(Cl)cc1)Nc1nc(-c2ccccc2)cn1-c1ccc(F)cc1. The summed E-state index contributed by atoms with van der Waals surface area (Å²) < 4.78 is 20.7. The molecule has 2 heterocycles. The van der Waals surface area contributed by atoms with Gasteiger partial charge in [0.2, 0.25) is 11.9 Å². The fourth-order valence-electron chi connectivity index (χ4n) is 3.92. The zero-order valence-corrected chi connectivity index (χ0v) is 20.8. The first kappa shape index (κ1) is 25.0. The van der Waals surface area contributed by atoms with E-state index in [1.165, 1.54) is 23.3 Å². The fourth-order valence-corrected chi connectivity index (χ4v) is 4.04. The summed E-state index contributed by atoms with van der Waals surface area (Å²) in [6, 6.07) is 25.2. The largest absolute Gasteiger partial charge is 0.467 e. The van der Waals surface area contributed by atoms with Crippen molar-refractivity contribution >= 4 is 29.4 Å². The first-order chi connectivity index (χ1) is 18.5. The molecule has 0 spiro atoms. The highest BCUT2D eigenvalue weighted by molar-refractivity contribution is 6.30. The van der Waals surface area contributed by atoms with E-state index >= 15 is 0 Å². The van der Waals surface area contributed by atoms with E-state index in [1.807, 2.05) is 30.3 Å². The van der Waals surface area contributed by atoms with Crippen LogP contribution >= 0.6 is 11.6 Å². The Morgan fingerprint density at radius 1 is 0.947 bits per heavy atom. The van der Waals surface area contributed by atoms with Crippen molar-refractivity contribution in [2.24, 2.45) is 0 Å². The normalized spacial score (nSPS) is 10.8. The van der Waals surface area contributed by atoms with Crippen molar-refractivity contribution in [3.8, 4) is 16.9 Å². The summed E-state index contributed by atoms with van der Waals surface area (Å²) in [5.74, 6) is -0.443. The predicted octanol–water partition coefficient (Wildman–Crippen LogP) is 6.21. The molecule has 2 aromatic heterocycles. The van der Waals surface area contributed by atoms with Crippen LogP contribution in [0.25, 0.3) is 16.9 Å². The number of nitrogens with one attached hydrogen (secondary N) is 1. The number of amides is 2. The van der Waals surface area contributed by atoms with Crippen LogP contribution in [0.15, 0.2) is 108 Å². The lowest BCUT2D eigenvalue weighted by Gasteiger charge is -2.21. The third kappa shape index (κ3) is 5.82. The van der Waals surface area contributed by atoms with E-state index in [4.69, 9.17) is 16.0 Å². The Morgan fingerprint density at radius 2 is 1.68 bits per heavy atom. The van der Waals surface area contributed by atoms with Crippen LogP contribution in [0.3, 0.4) is 0 Å². The number of hydrogen-bond donors (Lipinski definition) is 1. The zero-order valence-electron chi connectivity index (χ0n) is 20.1. The molecule has 0 saturated carbocycles. The van der Waals surface area contributed by atoms with Crippen LogP contribution in [0, 0.1) is 5.82 Å². The maximum atomic E-state index is 13.6. The summed E-state index contributed by atoms with van der Waals surface area (Å²) in [7, 11) is 0. The second-order valence-corrected chi connectivity index (χ2v) is 8.89. The van der Waals surface area contributed by atoms with Crippen LogP contribution in [0.5, 0.6) is 0 Å². The molecule has 0 bridgehead atoms. The minimum Gasteiger partial charge on any atom is -0.467 e. The molecule has 0 aliphatic rings. The summed E-state index contributed by atoms with van der Waals surface area (Å²) in [6.07, 6.45) is 3.27. The smallest absolute Gasteiger partial charge is 0.254 e. The van der Waals surface area contributed by atoms with E-state index in [9.17, 15) is 14.0 Å². The third-order valence-electron chi connectivity index (χ3n) is 5.77. The molecule has 38 heavy (non-hydrogen) atoms. The van der Waals surface area contributed by atoms with Gasteiger partial charge in [-0.2, -0.15) is 0 Å². The number of nitrogens with zero attached hydrogens (tertiary/aromatic N) is 3. The number of carbonyl (C=O) groups is 2. The maximum Gasteiger partial charge on any atom is 0.254 e. The van der Waals surface area contributed by atoms with Gasteiger partial charge in [-0.25, -0.2) is 9.37 Å². The second kappa shape index (κ2) is 11.1. The number of hydrogen-bond acceptors (Lipinski definition) is 4. The molecule has 0 saturated heterocycles. The van der Waals surface area contributed by atoms with Gasteiger partial charge in [0.25, 0.3) is 5.91 Å². The predicted molar refractivity (Wildman–Crippen MR) is 142 cm³/mol. The molecule has 0 unspecified atom stereocenters. The summed E-state index contributed by atoms with van der Waals surface area (Å²) in [6.45, 7) is -0.178. The van der Waals surface area contributed by atoms with Gasteiger partial charge in [-0.3, -0.25) is 19.5 Å². The summed E-state index contributed by atoms with van der Waals surface area (Å²) in [5.41, 5.74) is 2.46. The van der Waals surface area contributed by atoms with Crippen molar-refractivity contribution in [2.45, 2.75) is 6.54 Å². The first-order valence-electron chi connectivity index (χ1n) is 11.7. The number of anilines is 1. The molecule has 5 rings (SSSR count). The molecule has 7 nitrogen and oxygen atoms in total. The van der Waals surface area contributed by atoms with E-state index in [2.05, 4.69) is 10.3 Å². The van der Waals surface area contributed by atoms with Gasteiger partial charge in [-0.15, -0.1) is 0 Å². The maximum absolute atomic E-state index is 13.6. The van der Waals surface area contributed by atoms with Crippen LogP contribution in [0.4, 0.5) is 10.3 Å². The van der Waals surface area contributed by atoms with E-state index in [0.29, 0.717) is 27.7 Å². The fraction of sp³-hybridized carbons (Fsp3) is 0.0690. The van der Waals surface area contributed by atoms with Crippen LogP contribution in [0.1, 0.15) is 16.1 Å². The summed E-state index contributed by atoms with van der Waals surface area (Å²) >= 11 is 5.97. The average Bonchev–Trinajstić information content (AvgIpc) is 3.60. The first-order valence-corrected chi connectivity index (χ1v) is 12.1. The molecule has 0 radical (unpaired) electrons. The van der Waals surface area contributed by atoms with Gasteiger partial charge in [0, 0.05) is 28.0 Å². The van der Waals surface area contributed by atoms with Gasteiger partial charge >= 0.3 is 0 Å². The highest BCUT2D eigenvalue weighted by Gasteiger charge is 2.22. The second-order valence-electron chi connectivity index (χ2n) is 8.46. The molecule has 1 N–H and O–H groups in total. The number of halogens is 2. The Balaban J connectivity index is 1.42. The molecule has 190 valence electrons. The molecule has 5 aromatic rings. The Labute approximate surface area is 223 Å². The quantitative estimate of drug-likeness (QED) is 0.260. The van der Waals surface area contributed by atoms with Crippen molar-refractivity contribution in [3.05, 3.63) is 126 Å². The van der Waals surface area contributed by atoms with Crippen LogP contribution < -0.4 is 5.32 Å². The summed E-state index contributed by atoms with van der Waals surface area (Å²) in [4.78, 5) is 32.5. The minimum atomic E-state index is -0.465. The Morgan fingerprint density at radius 3 is 2.37 bits per heavy atom. The zero-order chi connectivity index (χ0) is 26.5. The lowest BCUT2D eigenvalue weighted by molar-refractivity contribution is -0.117. The van der Waals surface area contributed by atoms with Crippen molar-refractivity contribution in [2.75, 3.05) is 11.9 Å². The molecule has 2 amide bonds. The van der Waals surface area contributed by atoms with Crippen molar-refractivity contribution in [3.63, 3.8) is 0 Å². The van der Waals surface area contributed by atoms with E-state index in [1.54, 1.807) is 59.3 Å². The number of rotatable bonds is 8. The number of furan rings is 1. The molecular weight excluding hydrogens is 507 g/mol. The lowest BCUT2D eigenvalue weighted by Crippen LogP contribution is -2.37. The molecule has 9 heteroatoms. The number of benzene rings is 3. The molecule has 0 fully saturated rings. The van der Waals surface area contributed by atoms with E-state index in [0.717, 1.165) is 5.56 Å². The van der Waals surface area contributed by atoms with E-state index < -0.39 is 5.91 Å². The minimum absolute atomic E-state index is 0.0869. The Kier molecular flexibility index (Phi) is 7.33. The number of carbonyl (C=O) groups excluding carboxylic acids is 2. The van der Waals surface area contributed by atoms with Gasteiger partial charge in [0.05, 0.1) is 18.5 Å². The highest BCUT2D eigenvalue weighted by Crippen LogP contribution is 2.24. The highest BCUT2D eigenvalue weighted by atomic mass is 35.5. The number of imidazole rings is 1. The third-order valence-corrected chi connectivity index (χ3v) is 6.02. The summed E-state index contributed by atoms with van der Waals surface area (Å²) in [5, 5.41) is 3.31. The van der Waals surface area contributed by atoms with Gasteiger partial charge in [-0.05, 0) is 60.7 Å². The van der Waals surface area contributed by atoms with Crippen LogP contribution in [-0.4, -0.2) is 32.8 Å². The molecule has 3 aromatic carbocycles. The molecular formula is C29H22ClFN4O3. The van der Waals surface area contributed by atoms with Crippen molar-refractivity contribution in [1.82, 2.24) is 14.5 Å². The van der Waals surface area contributed by atoms with Crippen molar-refractivity contribution < 1.29 is 18.4 Å². The van der Waals surface area contributed by atoms with Gasteiger partial charge in [-0.1, -0.05) is 41.9 Å². The van der Waals surface area contributed by atoms with Gasteiger partial charge < -0.3 is 9.32 Å². The average molecular weight is 529 g/mol. The lowest BCUT2D eigenvalue weighted by atomic mass is 10.2. The molecule has 0 atom stereocenters.